The van der Waals surface area contributed by atoms with Gasteiger partial charge in [-0.15, -0.1) is 4.53 Å². The van der Waals surface area contributed by atoms with E-state index in [1.807, 2.05) is 24.3 Å². The summed E-state index contributed by atoms with van der Waals surface area (Å²) in [4.78, 5) is 15.8. The van der Waals surface area contributed by atoms with Crippen molar-refractivity contribution in [2.24, 2.45) is 5.10 Å². The molecule has 0 bridgehead atoms. The van der Waals surface area contributed by atoms with Gasteiger partial charge in [0.05, 0.1) is 11.9 Å². The normalized spacial score (nSPS) is 10.6. The van der Waals surface area contributed by atoms with Crippen LogP contribution >= 0.6 is 11.8 Å². The van der Waals surface area contributed by atoms with Gasteiger partial charge in [-0.2, -0.15) is 9.67 Å². The van der Waals surface area contributed by atoms with E-state index in [4.69, 9.17) is 11.8 Å². The number of amides is 1. The summed E-state index contributed by atoms with van der Waals surface area (Å²) >= 11 is 5.78. The van der Waals surface area contributed by atoms with Crippen LogP contribution < -0.4 is 4.57 Å². The van der Waals surface area contributed by atoms with Crippen LogP contribution in [0.4, 0.5) is 0 Å². The Morgan fingerprint density at radius 1 is 1.32 bits per heavy atom. The summed E-state index contributed by atoms with van der Waals surface area (Å²) in [6.07, 6.45) is 6.64. The molecule has 0 aliphatic carbocycles. The van der Waals surface area contributed by atoms with Crippen LogP contribution in [0, 0.1) is 0 Å². The molecule has 2 rings (SSSR count). The Kier molecular flexibility index (Phi) is 4.58. The van der Waals surface area contributed by atoms with Crippen LogP contribution in [0.2, 0.25) is 0 Å². The summed E-state index contributed by atoms with van der Waals surface area (Å²) in [6.45, 7) is 0.129. The van der Waals surface area contributed by atoms with Crippen LogP contribution in [-0.2, 0) is 11.3 Å². The molecule has 0 spiro atoms. The van der Waals surface area contributed by atoms with E-state index in [-0.39, 0.29) is 12.5 Å². The molecule has 0 atom stereocenters. The van der Waals surface area contributed by atoms with Gasteiger partial charge in [0.1, 0.15) is 0 Å². The first-order chi connectivity index (χ1) is 9.25. The van der Waals surface area contributed by atoms with Crippen molar-refractivity contribution in [2.75, 3.05) is 0 Å². The van der Waals surface area contributed by atoms with Crippen molar-refractivity contribution in [3.63, 3.8) is 0 Å². The highest BCUT2D eigenvalue weighted by atomic mass is 35.5. The maximum atomic E-state index is 11.8. The average molecular weight is 276 g/mol. The van der Waals surface area contributed by atoms with Gasteiger partial charge < -0.3 is 0 Å². The van der Waals surface area contributed by atoms with E-state index in [2.05, 4.69) is 10.1 Å². The Hall–Kier alpha value is -2.27. The lowest BCUT2D eigenvalue weighted by Gasteiger charge is -2.04. The number of hydrazone groups is 1. The lowest BCUT2D eigenvalue weighted by molar-refractivity contribution is -0.685. The van der Waals surface area contributed by atoms with E-state index in [0.29, 0.717) is 5.69 Å². The second-order valence-electron chi connectivity index (χ2n) is 3.70. The molecule has 0 unspecified atom stereocenters. The fraction of sp³-hybridized carbons (Fsp3) is 0.0769. The minimum absolute atomic E-state index is 0.129. The lowest BCUT2D eigenvalue weighted by atomic mass is 10.4. The number of hydrogen-bond acceptors (Lipinski definition) is 3. The van der Waals surface area contributed by atoms with Gasteiger partial charge in [0.2, 0.25) is 6.54 Å². The molecule has 0 N–H and O–H groups in total. The Morgan fingerprint density at radius 2 is 2.11 bits per heavy atom. The highest BCUT2D eigenvalue weighted by Gasteiger charge is 2.14. The summed E-state index contributed by atoms with van der Waals surface area (Å²) in [6, 6.07) is 10.9. The Bertz CT molecular complexity index is 559. The minimum Gasteiger partial charge on any atom is -0.264 e. The lowest BCUT2D eigenvalue weighted by Crippen LogP contribution is -2.40. The molecule has 2 heterocycles. The second-order valence-corrected chi connectivity index (χ2v) is 4.02. The number of aromatic nitrogens is 2. The predicted octanol–water partition coefficient (Wildman–Crippen LogP) is 1.39. The third-order valence-corrected chi connectivity index (χ3v) is 2.56. The molecule has 2 aromatic heterocycles. The largest absolute Gasteiger partial charge is 0.323 e. The van der Waals surface area contributed by atoms with Crippen molar-refractivity contribution in [3.05, 3.63) is 60.7 Å². The van der Waals surface area contributed by atoms with E-state index in [1.54, 1.807) is 35.3 Å². The molecule has 0 fully saturated rings. The molecule has 5 nitrogen and oxygen atoms in total. The van der Waals surface area contributed by atoms with E-state index in [0.717, 1.165) is 4.53 Å². The number of pyridine rings is 2. The number of hydrogen-bond donors (Lipinski definition) is 0. The van der Waals surface area contributed by atoms with Crippen molar-refractivity contribution in [3.8, 4) is 0 Å². The van der Waals surface area contributed by atoms with Crippen LogP contribution in [0.3, 0.4) is 0 Å². The van der Waals surface area contributed by atoms with Gasteiger partial charge in [0.15, 0.2) is 12.4 Å². The molecule has 0 radical (unpaired) electrons. The molecule has 0 aromatic carbocycles. The summed E-state index contributed by atoms with van der Waals surface area (Å²) in [5.41, 5.74) is 0.633. The molecule has 1 amide bonds. The third-order valence-electron chi connectivity index (χ3n) is 2.28. The Labute approximate surface area is 115 Å². The molecule has 0 aliphatic heterocycles. The topological polar surface area (TPSA) is 49.4 Å². The van der Waals surface area contributed by atoms with Crippen LogP contribution in [0.25, 0.3) is 0 Å². The summed E-state index contributed by atoms with van der Waals surface area (Å²) < 4.78 is 2.50. The fourth-order valence-corrected chi connectivity index (χ4v) is 1.48. The van der Waals surface area contributed by atoms with E-state index in [9.17, 15) is 4.79 Å². The maximum Gasteiger partial charge on any atom is 0.323 e. The smallest absolute Gasteiger partial charge is 0.264 e. The molecule has 2 aromatic rings. The zero-order valence-corrected chi connectivity index (χ0v) is 10.8. The number of carbonyl (C=O) groups excluding carboxylic acids is 1. The highest BCUT2D eigenvalue weighted by Crippen LogP contribution is 1.98. The van der Waals surface area contributed by atoms with Crippen molar-refractivity contribution >= 4 is 23.9 Å². The van der Waals surface area contributed by atoms with E-state index in [1.165, 1.54) is 6.21 Å². The Morgan fingerprint density at radius 3 is 2.79 bits per heavy atom. The van der Waals surface area contributed by atoms with Gasteiger partial charge in [-0.1, -0.05) is 12.1 Å². The number of carbonyl (C=O) groups is 1. The third kappa shape index (κ3) is 4.15. The van der Waals surface area contributed by atoms with Crippen LogP contribution in [-0.4, -0.2) is 21.6 Å². The van der Waals surface area contributed by atoms with Crippen LogP contribution in [0.1, 0.15) is 5.69 Å². The SMILES string of the molecule is O=C(C[n+]1ccccc1)N(Cl)N=Cc1ccccn1. The quantitative estimate of drug-likeness (QED) is 0.366. The zero-order valence-electron chi connectivity index (χ0n) is 10.1. The Balaban J connectivity index is 1.95. The molecule has 0 aliphatic rings. The summed E-state index contributed by atoms with van der Waals surface area (Å²) in [5.74, 6) is -0.329. The molecule has 0 saturated carbocycles. The van der Waals surface area contributed by atoms with Crippen molar-refractivity contribution < 1.29 is 9.36 Å². The van der Waals surface area contributed by atoms with Crippen LogP contribution in [0.15, 0.2) is 60.1 Å². The number of nitrogens with zero attached hydrogens (tertiary/aromatic N) is 4. The molecule has 6 heteroatoms. The molecule has 19 heavy (non-hydrogen) atoms. The zero-order chi connectivity index (χ0) is 13.5. The number of rotatable bonds is 4. The number of halogens is 1. The van der Waals surface area contributed by atoms with Crippen molar-refractivity contribution in [1.29, 1.82) is 0 Å². The summed E-state index contributed by atoms with van der Waals surface area (Å²) in [7, 11) is 0. The monoisotopic (exact) mass is 275 g/mol. The predicted molar refractivity (Wildman–Crippen MR) is 71.2 cm³/mol. The standard InChI is InChI=1S/C13H12ClN4O/c14-18(16-10-12-6-2-3-7-15-12)13(19)11-17-8-4-1-5-9-17/h1-10H,11H2/q+1. The highest BCUT2D eigenvalue weighted by molar-refractivity contribution is 6.21. The van der Waals surface area contributed by atoms with Gasteiger partial charge in [0.25, 0.3) is 0 Å². The maximum absolute atomic E-state index is 11.8. The minimum atomic E-state index is -0.329. The van der Waals surface area contributed by atoms with Gasteiger partial charge in [0, 0.05) is 30.1 Å². The first-order valence-electron chi connectivity index (χ1n) is 5.63. The first kappa shape index (κ1) is 13.2. The molecule has 96 valence electrons. The van der Waals surface area contributed by atoms with Crippen LogP contribution in [0.5, 0.6) is 0 Å². The van der Waals surface area contributed by atoms with Gasteiger partial charge in [-0.05, 0) is 12.1 Å². The van der Waals surface area contributed by atoms with Gasteiger partial charge >= 0.3 is 5.91 Å². The molecular formula is C13H12ClN4O+. The second kappa shape index (κ2) is 6.61. The van der Waals surface area contributed by atoms with Gasteiger partial charge in [-0.25, -0.2) is 0 Å². The van der Waals surface area contributed by atoms with Gasteiger partial charge in [-0.3, -0.25) is 9.78 Å². The molecular weight excluding hydrogens is 264 g/mol. The average Bonchev–Trinajstić information content (AvgIpc) is 2.47. The van der Waals surface area contributed by atoms with E-state index < -0.39 is 0 Å². The van der Waals surface area contributed by atoms with Crippen molar-refractivity contribution in [1.82, 2.24) is 9.51 Å². The van der Waals surface area contributed by atoms with Crippen molar-refractivity contribution in [2.45, 2.75) is 6.54 Å². The van der Waals surface area contributed by atoms with E-state index >= 15 is 0 Å². The molecule has 0 saturated heterocycles. The fourth-order valence-electron chi connectivity index (χ4n) is 1.38. The summed E-state index contributed by atoms with van der Waals surface area (Å²) in [5, 5.41) is 3.84. The first-order valence-corrected chi connectivity index (χ1v) is 5.97.